The molecule has 3 nitrogen and oxygen atoms in total. The van der Waals surface area contributed by atoms with Crippen LogP contribution in [0, 0.1) is 0 Å². The molecular formula is C17H25NO2S. The number of rotatable bonds is 3. The Bertz CT molecular complexity index is 576. The lowest BCUT2D eigenvalue weighted by molar-refractivity contribution is 0.270. The van der Waals surface area contributed by atoms with E-state index in [4.69, 9.17) is 0 Å². The molecule has 1 aromatic carbocycles. The standard InChI is InChI=1S/C17H25NO2S/c1-17(11-12-21(19,20)13-17)18-16-9-7-15(8-10-16)14-5-3-2-4-6-14/h2-6,15-16,18H,7-13H2,1H3. The normalized spacial score (nSPS) is 35.7. The maximum Gasteiger partial charge on any atom is 0.152 e. The molecule has 116 valence electrons. The van der Waals surface area contributed by atoms with Crippen LogP contribution in [-0.2, 0) is 9.84 Å². The Balaban J connectivity index is 1.55. The summed E-state index contributed by atoms with van der Waals surface area (Å²) in [5.74, 6) is 1.32. The van der Waals surface area contributed by atoms with Crippen molar-refractivity contribution in [1.29, 1.82) is 0 Å². The quantitative estimate of drug-likeness (QED) is 0.934. The van der Waals surface area contributed by atoms with Crippen LogP contribution in [0.5, 0.6) is 0 Å². The fourth-order valence-corrected chi connectivity index (χ4v) is 6.02. The van der Waals surface area contributed by atoms with Gasteiger partial charge in [-0.3, -0.25) is 0 Å². The van der Waals surface area contributed by atoms with Crippen molar-refractivity contribution in [1.82, 2.24) is 5.32 Å². The van der Waals surface area contributed by atoms with Crippen molar-refractivity contribution >= 4 is 9.84 Å². The third-order valence-corrected chi connectivity index (χ3v) is 6.96. The lowest BCUT2D eigenvalue weighted by Gasteiger charge is -2.35. The first-order chi connectivity index (χ1) is 9.96. The van der Waals surface area contributed by atoms with E-state index in [1.165, 1.54) is 18.4 Å². The van der Waals surface area contributed by atoms with Gasteiger partial charge in [-0.2, -0.15) is 0 Å². The maximum atomic E-state index is 11.7. The van der Waals surface area contributed by atoms with E-state index in [2.05, 4.69) is 42.6 Å². The van der Waals surface area contributed by atoms with Crippen LogP contribution < -0.4 is 5.32 Å². The van der Waals surface area contributed by atoms with E-state index in [1.54, 1.807) is 0 Å². The van der Waals surface area contributed by atoms with Crippen molar-refractivity contribution in [3.63, 3.8) is 0 Å². The molecule has 1 heterocycles. The van der Waals surface area contributed by atoms with Gasteiger partial charge in [0.25, 0.3) is 0 Å². The first kappa shape index (κ1) is 15.0. The molecule has 0 amide bonds. The molecule has 1 saturated heterocycles. The Labute approximate surface area is 128 Å². The molecule has 1 atom stereocenters. The molecule has 2 aliphatic rings. The van der Waals surface area contributed by atoms with Gasteiger partial charge < -0.3 is 5.32 Å². The zero-order valence-electron chi connectivity index (χ0n) is 12.7. The highest BCUT2D eigenvalue weighted by Crippen LogP contribution is 2.34. The summed E-state index contributed by atoms with van der Waals surface area (Å²) in [7, 11) is -2.82. The molecule has 0 radical (unpaired) electrons. The lowest BCUT2D eigenvalue weighted by Crippen LogP contribution is -2.50. The van der Waals surface area contributed by atoms with Crippen LogP contribution in [0.1, 0.15) is 50.5 Å². The van der Waals surface area contributed by atoms with E-state index < -0.39 is 9.84 Å². The summed E-state index contributed by atoms with van der Waals surface area (Å²) in [6, 6.07) is 11.2. The van der Waals surface area contributed by atoms with E-state index in [1.807, 2.05) is 0 Å². The first-order valence-electron chi connectivity index (χ1n) is 7.99. The first-order valence-corrected chi connectivity index (χ1v) is 9.81. The highest BCUT2D eigenvalue weighted by Gasteiger charge is 2.40. The van der Waals surface area contributed by atoms with Gasteiger partial charge in [0.1, 0.15) is 0 Å². The zero-order chi connectivity index (χ0) is 14.9. The fourth-order valence-electron chi connectivity index (χ4n) is 3.91. The molecule has 1 saturated carbocycles. The SMILES string of the molecule is CC1(NC2CCC(c3ccccc3)CC2)CCS(=O)(=O)C1. The second kappa shape index (κ2) is 5.73. The Kier molecular flexibility index (Phi) is 4.10. The highest BCUT2D eigenvalue weighted by atomic mass is 32.2. The summed E-state index contributed by atoms with van der Waals surface area (Å²) < 4.78 is 23.4. The monoisotopic (exact) mass is 307 g/mol. The van der Waals surface area contributed by atoms with Gasteiger partial charge in [-0.25, -0.2) is 8.42 Å². The molecular weight excluding hydrogens is 282 g/mol. The third-order valence-electron chi connectivity index (χ3n) is 5.05. The minimum Gasteiger partial charge on any atom is -0.308 e. The Morgan fingerprint density at radius 1 is 1.10 bits per heavy atom. The molecule has 2 fully saturated rings. The molecule has 3 rings (SSSR count). The molecule has 1 unspecified atom stereocenters. The van der Waals surface area contributed by atoms with E-state index in [0.717, 1.165) is 19.3 Å². The number of nitrogens with one attached hydrogen (secondary N) is 1. The van der Waals surface area contributed by atoms with Crippen molar-refractivity contribution in [3.8, 4) is 0 Å². The highest BCUT2D eigenvalue weighted by molar-refractivity contribution is 7.91. The van der Waals surface area contributed by atoms with Crippen molar-refractivity contribution < 1.29 is 8.42 Å². The largest absolute Gasteiger partial charge is 0.308 e. The van der Waals surface area contributed by atoms with Gasteiger partial charge in [-0.15, -0.1) is 0 Å². The molecule has 1 aliphatic carbocycles. The second-order valence-corrected chi connectivity index (χ2v) is 9.19. The summed E-state index contributed by atoms with van der Waals surface area (Å²) in [6.07, 6.45) is 5.45. The van der Waals surface area contributed by atoms with Gasteiger partial charge in [0.2, 0.25) is 0 Å². The summed E-state index contributed by atoms with van der Waals surface area (Å²) in [5, 5.41) is 3.64. The lowest BCUT2D eigenvalue weighted by atomic mass is 9.81. The molecule has 0 bridgehead atoms. The second-order valence-electron chi connectivity index (χ2n) is 7.01. The van der Waals surface area contributed by atoms with Crippen molar-refractivity contribution in [2.24, 2.45) is 0 Å². The van der Waals surface area contributed by atoms with Crippen LogP contribution in [0.4, 0.5) is 0 Å². The molecule has 0 aromatic heterocycles. The van der Waals surface area contributed by atoms with Crippen molar-refractivity contribution in [2.45, 2.75) is 56.5 Å². The summed E-state index contributed by atoms with van der Waals surface area (Å²) in [5.41, 5.74) is 1.24. The molecule has 4 heteroatoms. The van der Waals surface area contributed by atoms with Crippen LogP contribution in [0.2, 0.25) is 0 Å². The van der Waals surface area contributed by atoms with Gasteiger partial charge in [0, 0.05) is 11.6 Å². The number of hydrogen-bond acceptors (Lipinski definition) is 3. The van der Waals surface area contributed by atoms with E-state index in [-0.39, 0.29) is 5.54 Å². The fraction of sp³-hybridized carbons (Fsp3) is 0.647. The van der Waals surface area contributed by atoms with Gasteiger partial charge in [0.15, 0.2) is 9.84 Å². The minimum absolute atomic E-state index is 0.205. The van der Waals surface area contributed by atoms with E-state index >= 15 is 0 Å². The van der Waals surface area contributed by atoms with Gasteiger partial charge in [0.05, 0.1) is 11.5 Å². The van der Waals surface area contributed by atoms with Gasteiger partial charge >= 0.3 is 0 Å². The Morgan fingerprint density at radius 3 is 2.33 bits per heavy atom. The van der Waals surface area contributed by atoms with Crippen LogP contribution in [-0.4, -0.2) is 31.5 Å². The van der Waals surface area contributed by atoms with Crippen LogP contribution >= 0.6 is 0 Å². The molecule has 1 N–H and O–H groups in total. The third kappa shape index (κ3) is 3.67. The van der Waals surface area contributed by atoms with Gasteiger partial charge in [-0.05, 0) is 50.5 Å². The average Bonchev–Trinajstić information content (AvgIpc) is 2.74. The maximum absolute atomic E-state index is 11.7. The number of sulfone groups is 1. The Hall–Kier alpha value is -0.870. The molecule has 1 aromatic rings. The number of benzene rings is 1. The van der Waals surface area contributed by atoms with Gasteiger partial charge in [-0.1, -0.05) is 30.3 Å². The number of hydrogen-bond donors (Lipinski definition) is 1. The van der Waals surface area contributed by atoms with Crippen molar-refractivity contribution in [3.05, 3.63) is 35.9 Å². The van der Waals surface area contributed by atoms with E-state index in [0.29, 0.717) is 23.5 Å². The van der Waals surface area contributed by atoms with Crippen LogP contribution in [0.25, 0.3) is 0 Å². The predicted octanol–water partition coefficient (Wildman–Crippen LogP) is 2.88. The van der Waals surface area contributed by atoms with Crippen LogP contribution in [0.3, 0.4) is 0 Å². The summed E-state index contributed by atoms with van der Waals surface area (Å²) in [6.45, 7) is 2.07. The topological polar surface area (TPSA) is 46.2 Å². The zero-order valence-corrected chi connectivity index (χ0v) is 13.5. The van der Waals surface area contributed by atoms with E-state index in [9.17, 15) is 8.42 Å². The Morgan fingerprint density at radius 2 is 1.76 bits per heavy atom. The average molecular weight is 307 g/mol. The molecule has 21 heavy (non-hydrogen) atoms. The van der Waals surface area contributed by atoms with Crippen molar-refractivity contribution in [2.75, 3.05) is 11.5 Å². The minimum atomic E-state index is -2.82. The molecule has 1 aliphatic heterocycles. The predicted molar refractivity (Wildman–Crippen MR) is 86.3 cm³/mol. The summed E-state index contributed by atoms with van der Waals surface area (Å²) >= 11 is 0. The summed E-state index contributed by atoms with van der Waals surface area (Å²) in [4.78, 5) is 0. The molecule has 0 spiro atoms. The van der Waals surface area contributed by atoms with Crippen LogP contribution in [0.15, 0.2) is 30.3 Å². The smallest absolute Gasteiger partial charge is 0.152 e.